The molecule has 18 heavy (non-hydrogen) atoms. The number of aromatic nitrogens is 2. The highest BCUT2D eigenvalue weighted by atomic mass is 32.2. The van der Waals surface area contributed by atoms with E-state index >= 15 is 0 Å². The van der Waals surface area contributed by atoms with E-state index in [-0.39, 0.29) is 5.75 Å². The standard InChI is InChI=1S/C11H12FN3OS2/c1-3-16-9-5-10(8(13)4-7(9)12)18-11-15-14-6(2)17-11/h4-5H,3,13H2,1-2H3. The van der Waals surface area contributed by atoms with Crippen molar-refractivity contribution in [3.05, 3.63) is 23.0 Å². The molecule has 0 amide bonds. The number of ether oxygens (including phenoxy) is 1. The maximum absolute atomic E-state index is 13.5. The van der Waals surface area contributed by atoms with Gasteiger partial charge in [0.1, 0.15) is 5.01 Å². The highest BCUT2D eigenvalue weighted by molar-refractivity contribution is 8.01. The fraction of sp³-hybridized carbons (Fsp3) is 0.273. The van der Waals surface area contributed by atoms with Crippen molar-refractivity contribution in [3.8, 4) is 5.75 Å². The van der Waals surface area contributed by atoms with E-state index in [0.717, 1.165) is 14.2 Å². The van der Waals surface area contributed by atoms with E-state index in [0.29, 0.717) is 12.3 Å². The summed E-state index contributed by atoms with van der Waals surface area (Å²) >= 11 is 2.82. The molecule has 0 saturated heterocycles. The van der Waals surface area contributed by atoms with Crippen molar-refractivity contribution in [2.45, 2.75) is 23.1 Å². The first-order valence-corrected chi connectivity index (χ1v) is 6.93. The number of nitrogens with two attached hydrogens (primary N) is 1. The molecule has 0 spiro atoms. The average Bonchev–Trinajstić information content (AvgIpc) is 2.71. The number of hydrogen-bond acceptors (Lipinski definition) is 6. The van der Waals surface area contributed by atoms with Gasteiger partial charge in [0.15, 0.2) is 15.9 Å². The molecule has 2 rings (SSSR count). The largest absolute Gasteiger partial charge is 0.491 e. The Balaban J connectivity index is 2.29. The molecule has 0 unspecified atom stereocenters. The zero-order valence-electron chi connectivity index (χ0n) is 9.94. The Labute approximate surface area is 112 Å². The first-order chi connectivity index (χ1) is 8.60. The van der Waals surface area contributed by atoms with Gasteiger partial charge in [-0.1, -0.05) is 23.1 Å². The number of nitrogens with zero attached hydrogens (tertiary/aromatic N) is 2. The summed E-state index contributed by atoms with van der Waals surface area (Å²) in [6.45, 7) is 4.08. The van der Waals surface area contributed by atoms with Crippen molar-refractivity contribution in [2.24, 2.45) is 0 Å². The predicted molar refractivity (Wildman–Crippen MR) is 70.8 cm³/mol. The zero-order valence-corrected chi connectivity index (χ0v) is 11.6. The minimum absolute atomic E-state index is 0.204. The van der Waals surface area contributed by atoms with Gasteiger partial charge >= 0.3 is 0 Å². The van der Waals surface area contributed by atoms with Crippen LogP contribution in [0, 0.1) is 12.7 Å². The summed E-state index contributed by atoms with van der Waals surface area (Å²) in [6.07, 6.45) is 0. The molecule has 96 valence electrons. The molecular weight excluding hydrogens is 273 g/mol. The van der Waals surface area contributed by atoms with Gasteiger partial charge in [-0.25, -0.2) is 4.39 Å². The van der Waals surface area contributed by atoms with E-state index in [1.54, 1.807) is 13.0 Å². The second-order valence-electron chi connectivity index (χ2n) is 3.44. The van der Waals surface area contributed by atoms with Crippen molar-refractivity contribution in [2.75, 3.05) is 12.3 Å². The van der Waals surface area contributed by atoms with E-state index in [2.05, 4.69) is 10.2 Å². The van der Waals surface area contributed by atoms with E-state index in [9.17, 15) is 4.39 Å². The smallest absolute Gasteiger partial charge is 0.179 e. The number of hydrogen-bond donors (Lipinski definition) is 1. The number of anilines is 1. The van der Waals surface area contributed by atoms with E-state index in [1.807, 2.05) is 6.92 Å². The van der Waals surface area contributed by atoms with E-state index < -0.39 is 5.82 Å². The minimum atomic E-state index is -0.452. The highest BCUT2D eigenvalue weighted by Gasteiger charge is 2.12. The third-order valence-electron chi connectivity index (χ3n) is 2.07. The lowest BCUT2D eigenvalue weighted by Gasteiger charge is -2.08. The van der Waals surface area contributed by atoms with Crippen LogP contribution < -0.4 is 10.5 Å². The van der Waals surface area contributed by atoms with Crippen LogP contribution in [0.3, 0.4) is 0 Å². The summed E-state index contributed by atoms with van der Waals surface area (Å²) < 4.78 is 19.5. The molecule has 1 aromatic carbocycles. The lowest BCUT2D eigenvalue weighted by Crippen LogP contribution is -1.97. The fourth-order valence-corrected chi connectivity index (χ4v) is 3.14. The molecule has 7 heteroatoms. The topological polar surface area (TPSA) is 61.0 Å². The van der Waals surface area contributed by atoms with Crippen LogP contribution >= 0.6 is 23.1 Å². The van der Waals surface area contributed by atoms with Crippen LogP contribution in [0.2, 0.25) is 0 Å². The molecule has 1 aromatic heterocycles. The minimum Gasteiger partial charge on any atom is -0.491 e. The lowest BCUT2D eigenvalue weighted by molar-refractivity contribution is 0.321. The van der Waals surface area contributed by atoms with Gasteiger partial charge in [-0.15, -0.1) is 10.2 Å². The maximum atomic E-state index is 13.5. The fourth-order valence-electron chi connectivity index (χ4n) is 1.32. The van der Waals surface area contributed by atoms with Gasteiger partial charge in [-0.05, 0) is 19.9 Å². The van der Waals surface area contributed by atoms with E-state index in [4.69, 9.17) is 10.5 Å². The second-order valence-corrected chi connectivity index (χ2v) is 5.91. The molecule has 2 N–H and O–H groups in total. The summed E-state index contributed by atoms with van der Waals surface area (Å²) in [5, 5.41) is 8.79. The molecule has 1 heterocycles. The molecule has 4 nitrogen and oxygen atoms in total. The van der Waals surface area contributed by atoms with Crippen molar-refractivity contribution in [1.29, 1.82) is 0 Å². The first-order valence-electron chi connectivity index (χ1n) is 5.30. The maximum Gasteiger partial charge on any atom is 0.179 e. The number of nitrogen functional groups attached to an aromatic ring is 1. The molecule has 0 aliphatic heterocycles. The van der Waals surface area contributed by atoms with Gasteiger partial charge in [0, 0.05) is 16.6 Å². The third kappa shape index (κ3) is 2.91. The van der Waals surface area contributed by atoms with Gasteiger partial charge in [-0.3, -0.25) is 0 Å². The Kier molecular flexibility index (Phi) is 4.03. The van der Waals surface area contributed by atoms with Crippen molar-refractivity contribution < 1.29 is 9.13 Å². The molecule has 0 saturated carbocycles. The normalized spacial score (nSPS) is 10.6. The highest BCUT2D eigenvalue weighted by Crippen LogP contribution is 2.37. The summed E-state index contributed by atoms with van der Waals surface area (Å²) in [5.74, 6) is -0.248. The first kappa shape index (κ1) is 13.1. The predicted octanol–water partition coefficient (Wildman–Crippen LogP) is 3.12. The quantitative estimate of drug-likeness (QED) is 0.875. The molecule has 0 bridgehead atoms. The molecule has 0 fully saturated rings. The Bertz CT molecular complexity index is 559. The van der Waals surface area contributed by atoms with Gasteiger partial charge in [0.2, 0.25) is 0 Å². The number of aryl methyl sites for hydroxylation is 1. The van der Waals surface area contributed by atoms with Crippen molar-refractivity contribution in [3.63, 3.8) is 0 Å². The van der Waals surface area contributed by atoms with Crippen molar-refractivity contribution in [1.82, 2.24) is 10.2 Å². The monoisotopic (exact) mass is 285 g/mol. The SMILES string of the molecule is CCOc1cc(Sc2nnc(C)s2)c(N)cc1F. The number of halogens is 1. The van der Waals surface area contributed by atoms with Crippen LogP contribution in [-0.4, -0.2) is 16.8 Å². The van der Waals surface area contributed by atoms with Crippen LogP contribution in [0.1, 0.15) is 11.9 Å². The molecule has 2 aromatic rings. The lowest BCUT2D eigenvalue weighted by atomic mass is 10.3. The van der Waals surface area contributed by atoms with Crippen molar-refractivity contribution >= 4 is 28.8 Å². The Hall–Kier alpha value is -1.34. The Morgan fingerprint density at radius 1 is 1.44 bits per heavy atom. The second kappa shape index (κ2) is 5.53. The summed E-state index contributed by atoms with van der Waals surface area (Å²) in [6, 6.07) is 2.86. The van der Waals surface area contributed by atoms with Crippen LogP contribution in [0.5, 0.6) is 5.75 Å². The molecular formula is C11H12FN3OS2. The molecule has 0 aliphatic rings. The molecule has 0 atom stereocenters. The Morgan fingerprint density at radius 3 is 2.83 bits per heavy atom. The van der Waals surface area contributed by atoms with E-state index in [1.165, 1.54) is 29.2 Å². The van der Waals surface area contributed by atoms with Gasteiger partial charge in [0.25, 0.3) is 0 Å². The van der Waals surface area contributed by atoms with Crippen LogP contribution in [0.25, 0.3) is 0 Å². The number of rotatable bonds is 4. The summed E-state index contributed by atoms with van der Waals surface area (Å²) in [7, 11) is 0. The van der Waals surface area contributed by atoms with Gasteiger partial charge < -0.3 is 10.5 Å². The number of benzene rings is 1. The van der Waals surface area contributed by atoms with Gasteiger partial charge in [0.05, 0.1) is 6.61 Å². The third-order valence-corrected chi connectivity index (χ3v) is 4.03. The van der Waals surface area contributed by atoms with Gasteiger partial charge in [-0.2, -0.15) is 0 Å². The molecule has 0 radical (unpaired) electrons. The van der Waals surface area contributed by atoms with Crippen LogP contribution in [0.15, 0.2) is 21.4 Å². The zero-order chi connectivity index (χ0) is 13.1. The van der Waals surface area contributed by atoms with Crippen LogP contribution in [-0.2, 0) is 0 Å². The summed E-state index contributed by atoms with van der Waals surface area (Å²) in [5.41, 5.74) is 6.15. The average molecular weight is 285 g/mol. The Morgan fingerprint density at radius 2 is 2.22 bits per heavy atom. The molecule has 0 aliphatic carbocycles. The van der Waals surface area contributed by atoms with Crippen LogP contribution in [0.4, 0.5) is 10.1 Å². The summed E-state index contributed by atoms with van der Waals surface area (Å²) in [4.78, 5) is 0.719.